The summed E-state index contributed by atoms with van der Waals surface area (Å²) in [6, 6.07) is 1.87. The van der Waals surface area contributed by atoms with Crippen LogP contribution < -0.4 is 0 Å². The van der Waals surface area contributed by atoms with E-state index in [2.05, 4.69) is 15.4 Å². The number of likely N-dealkylation sites (tertiary alicyclic amines) is 1. The van der Waals surface area contributed by atoms with Gasteiger partial charge in [-0.25, -0.2) is 0 Å². The predicted molar refractivity (Wildman–Crippen MR) is 69.8 cm³/mol. The van der Waals surface area contributed by atoms with Gasteiger partial charge >= 0.3 is 0 Å². The molecule has 2 aromatic rings. The SMILES string of the molecule is Cc1cc(CSc2nnc(CN3CCCC3=O)o2)no1. The Balaban J connectivity index is 1.55. The Hall–Kier alpha value is -1.83. The van der Waals surface area contributed by atoms with E-state index in [4.69, 9.17) is 8.94 Å². The van der Waals surface area contributed by atoms with Crippen LogP contribution in [-0.4, -0.2) is 32.7 Å². The second-order valence-corrected chi connectivity index (χ2v) is 5.52. The zero-order valence-corrected chi connectivity index (χ0v) is 11.9. The smallest absolute Gasteiger partial charge is 0.277 e. The van der Waals surface area contributed by atoms with Gasteiger partial charge in [-0.05, 0) is 13.3 Å². The first kappa shape index (κ1) is 13.2. The molecule has 1 fully saturated rings. The van der Waals surface area contributed by atoms with Crippen LogP contribution in [-0.2, 0) is 17.1 Å². The van der Waals surface area contributed by atoms with E-state index in [9.17, 15) is 4.79 Å². The first-order chi connectivity index (χ1) is 9.70. The molecule has 1 aliphatic rings. The molecule has 0 bridgehead atoms. The first-order valence-electron chi connectivity index (χ1n) is 6.36. The highest BCUT2D eigenvalue weighted by Crippen LogP contribution is 2.22. The van der Waals surface area contributed by atoms with Gasteiger partial charge in [0.25, 0.3) is 5.22 Å². The number of thioether (sulfide) groups is 1. The molecule has 0 unspecified atom stereocenters. The Morgan fingerprint density at radius 1 is 1.45 bits per heavy atom. The first-order valence-corrected chi connectivity index (χ1v) is 7.34. The summed E-state index contributed by atoms with van der Waals surface area (Å²) in [5.41, 5.74) is 0.835. The van der Waals surface area contributed by atoms with Crippen LogP contribution in [0.3, 0.4) is 0 Å². The molecule has 8 heteroatoms. The lowest BCUT2D eigenvalue weighted by Gasteiger charge is -2.11. The molecule has 106 valence electrons. The van der Waals surface area contributed by atoms with Gasteiger partial charge in [0, 0.05) is 24.8 Å². The van der Waals surface area contributed by atoms with Crippen molar-refractivity contribution in [2.45, 2.75) is 37.3 Å². The zero-order chi connectivity index (χ0) is 13.9. The van der Waals surface area contributed by atoms with Gasteiger partial charge in [0.2, 0.25) is 11.8 Å². The number of hydrogen-bond acceptors (Lipinski definition) is 7. The molecule has 0 spiro atoms. The van der Waals surface area contributed by atoms with Crippen molar-refractivity contribution >= 4 is 17.7 Å². The molecule has 0 aliphatic carbocycles. The van der Waals surface area contributed by atoms with Crippen LogP contribution in [0.25, 0.3) is 0 Å². The van der Waals surface area contributed by atoms with Crippen molar-refractivity contribution < 1.29 is 13.7 Å². The highest BCUT2D eigenvalue weighted by atomic mass is 32.2. The largest absolute Gasteiger partial charge is 0.414 e. The maximum Gasteiger partial charge on any atom is 0.277 e. The van der Waals surface area contributed by atoms with Crippen molar-refractivity contribution in [1.29, 1.82) is 0 Å². The summed E-state index contributed by atoms with van der Waals surface area (Å²) in [5, 5.41) is 12.3. The number of amides is 1. The molecular formula is C12H14N4O3S. The van der Waals surface area contributed by atoms with E-state index in [1.54, 1.807) is 4.90 Å². The summed E-state index contributed by atoms with van der Waals surface area (Å²) in [6.07, 6.45) is 1.52. The van der Waals surface area contributed by atoms with E-state index in [0.29, 0.717) is 29.8 Å². The maximum atomic E-state index is 11.5. The van der Waals surface area contributed by atoms with Crippen LogP contribution in [0.15, 0.2) is 20.2 Å². The Bertz CT molecular complexity index is 609. The Labute approximate surface area is 119 Å². The Kier molecular flexibility index (Phi) is 3.72. The molecule has 0 aromatic carbocycles. The molecule has 3 rings (SSSR count). The monoisotopic (exact) mass is 294 g/mol. The summed E-state index contributed by atoms with van der Waals surface area (Å²) >= 11 is 1.40. The minimum absolute atomic E-state index is 0.149. The second kappa shape index (κ2) is 5.66. The van der Waals surface area contributed by atoms with Crippen molar-refractivity contribution in [3.8, 4) is 0 Å². The zero-order valence-electron chi connectivity index (χ0n) is 11.0. The van der Waals surface area contributed by atoms with Crippen LogP contribution in [0.2, 0.25) is 0 Å². The Morgan fingerprint density at radius 3 is 3.05 bits per heavy atom. The number of aryl methyl sites for hydroxylation is 1. The quantitative estimate of drug-likeness (QED) is 0.777. The highest BCUT2D eigenvalue weighted by Gasteiger charge is 2.22. The van der Waals surface area contributed by atoms with Crippen molar-refractivity contribution in [3.05, 3.63) is 23.4 Å². The molecule has 2 aromatic heterocycles. The fraction of sp³-hybridized carbons (Fsp3) is 0.500. The maximum absolute atomic E-state index is 11.5. The average molecular weight is 294 g/mol. The summed E-state index contributed by atoms with van der Waals surface area (Å²) in [5.74, 6) is 2.01. The number of rotatable bonds is 5. The minimum Gasteiger partial charge on any atom is -0.414 e. The van der Waals surface area contributed by atoms with Crippen LogP contribution in [0.4, 0.5) is 0 Å². The molecule has 20 heavy (non-hydrogen) atoms. The van der Waals surface area contributed by atoms with E-state index >= 15 is 0 Å². The van der Waals surface area contributed by atoms with Gasteiger partial charge in [-0.3, -0.25) is 4.79 Å². The van der Waals surface area contributed by atoms with E-state index in [1.807, 2.05) is 13.0 Å². The third kappa shape index (κ3) is 3.01. The summed E-state index contributed by atoms with van der Waals surface area (Å²) in [6.45, 7) is 3.01. The molecule has 7 nitrogen and oxygen atoms in total. The van der Waals surface area contributed by atoms with Gasteiger partial charge in [-0.2, -0.15) is 0 Å². The van der Waals surface area contributed by atoms with E-state index in [-0.39, 0.29) is 5.91 Å². The van der Waals surface area contributed by atoms with E-state index in [0.717, 1.165) is 24.4 Å². The van der Waals surface area contributed by atoms with Gasteiger partial charge < -0.3 is 13.8 Å². The third-order valence-electron chi connectivity index (χ3n) is 2.97. The molecule has 0 radical (unpaired) electrons. The van der Waals surface area contributed by atoms with Crippen molar-refractivity contribution in [2.75, 3.05) is 6.54 Å². The lowest BCUT2D eigenvalue weighted by atomic mass is 10.4. The minimum atomic E-state index is 0.149. The Morgan fingerprint density at radius 2 is 2.35 bits per heavy atom. The third-order valence-corrected chi connectivity index (χ3v) is 3.82. The fourth-order valence-electron chi connectivity index (χ4n) is 2.02. The number of nitrogens with zero attached hydrogens (tertiary/aromatic N) is 4. The van der Waals surface area contributed by atoms with Crippen molar-refractivity contribution in [2.24, 2.45) is 0 Å². The molecule has 1 saturated heterocycles. The molecule has 1 aliphatic heterocycles. The average Bonchev–Trinajstić information content (AvgIpc) is 3.12. The van der Waals surface area contributed by atoms with Crippen molar-refractivity contribution in [3.63, 3.8) is 0 Å². The molecular weight excluding hydrogens is 280 g/mol. The number of carbonyl (C=O) groups is 1. The molecule has 0 saturated carbocycles. The van der Waals surface area contributed by atoms with Crippen molar-refractivity contribution in [1.82, 2.24) is 20.3 Å². The van der Waals surface area contributed by atoms with Gasteiger partial charge in [-0.15, -0.1) is 10.2 Å². The number of aromatic nitrogens is 3. The van der Waals surface area contributed by atoms with Crippen LogP contribution in [0.1, 0.15) is 30.2 Å². The van der Waals surface area contributed by atoms with E-state index in [1.165, 1.54) is 11.8 Å². The lowest BCUT2D eigenvalue weighted by molar-refractivity contribution is -0.128. The summed E-state index contributed by atoms with van der Waals surface area (Å²) < 4.78 is 10.5. The van der Waals surface area contributed by atoms with Crippen LogP contribution in [0, 0.1) is 6.92 Å². The standard InChI is InChI=1S/C12H14N4O3S/c1-8-5-9(15-19-8)7-20-12-14-13-10(18-12)6-16-4-2-3-11(16)17/h5H,2-4,6-7H2,1H3. The normalized spacial score (nSPS) is 15.2. The molecule has 0 N–H and O–H groups in total. The van der Waals surface area contributed by atoms with Gasteiger partial charge in [0.15, 0.2) is 0 Å². The topological polar surface area (TPSA) is 85.3 Å². The van der Waals surface area contributed by atoms with Crippen LogP contribution >= 0.6 is 11.8 Å². The fourth-order valence-corrected chi connectivity index (χ4v) is 2.68. The number of hydrogen-bond donors (Lipinski definition) is 0. The second-order valence-electron chi connectivity index (χ2n) is 4.60. The molecule has 1 amide bonds. The molecule has 3 heterocycles. The van der Waals surface area contributed by atoms with E-state index < -0.39 is 0 Å². The number of carbonyl (C=O) groups excluding carboxylic acids is 1. The van der Waals surface area contributed by atoms with Crippen LogP contribution in [0.5, 0.6) is 0 Å². The van der Waals surface area contributed by atoms with Gasteiger partial charge in [-0.1, -0.05) is 16.9 Å². The molecule has 0 atom stereocenters. The van der Waals surface area contributed by atoms with Gasteiger partial charge in [0.1, 0.15) is 5.76 Å². The summed E-state index contributed by atoms with van der Waals surface area (Å²) in [7, 11) is 0. The summed E-state index contributed by atoms with van der Waals surface area (Å²) in [4.78, 5) is 13.2. The lowest BCUT2D eigenvalue weighted by Crippen LogP contribution is -2.23. The predicted octanol–water partition coefficient (Wildman–Crippen LogP) is 1.78. The van der Waals surface area contributed by atoms with Gasteiger partial charge in [0.05, 0.1) is 12.2 Å². The highest BCUT2D eigenvalue weighted by molar-refractivity contribution is 7.98.